The molecule has 0 bridgehead atoms. The van der Waals surface area contributed by atoms with Crippen LogP contribution in [0.4, 0.5) is 0 Å². The molecule has 1 aliphatic rings. The number of rotatable bonds is 5. The van der Waals surface area contributed by atoms with E-state index in [2.05, 4.69) is 15.4 Å². The van der Waals surface area contributed by atoms with E-state index in [1.54, 1.807) is 7.11 Å². The van der Waals surface area contributed by atoms with E-state index < -0.39 is 5.91 Å². The molecule has 1 aliphatic carbocycles. The second-order valence-electron chi connectivity index (χ2n) is 6.29. The second kappa shape index (κ2) is 8.59. The molecule has 1 fully saturated rings. The quantitative estimate of drug-likeness (QED) is 0.725. The number of aromatic nitrogens is 3. The Kier molecular flexibility index (Phi) is 5.97. The molecule has 8 nitrogen and oxygen atoms in total. The van der Waals surface area contributed by atoms with Crippen LogP contribution in [0.25, 0.3) is 11.3 Å². The van der Waals surface area contributed by atoms with Crippen LogP contribution < -0.4 is 5.73 Å². The highest BCUT2D eigenvalue weighted by molar-refractivity contribution is 5.90. The summed E-state index contributed by atoms with van der Waals surface area (Å²) in [4.78, 5) is 10.7. The van der Waals surface area contributed by atoms with Crippen LogP contribution in [0.5, 0.6) is 0 Å². The lowest BCUT2D eigenvalue weighted by atomic mass is 9.85. The molecule has 0 aliphatic heterocycles. The monoisotopic (exact) mass is 372 g/mol. The summed E-state index contributed by atoms with van der Waals surface area (Å²) in [6.07, 6.45) is 3.55. The van der Waals surface area contributed by atoms with E-state index in [-0.39, 0.29) is 13.3 Å². The maximum Gasteiger partial charge on any atom is 0.287 e. The van der Waals surface area contributed by atoms with E-state index in [4.69, 9.17) is 19.4 Å². The van der Waals surface area contributed by atoms with Gasteiger partial charge in [-0.1, -0.05) is 41.9 Å². The molecule has 1 atom stereocenters. The standard InChI is InChI=1S/C10H8N2O2.C9H14N2O2.H2/c11-10(13)9-6-8(12-14-9)7-4-2-1-3-5-7;1-6(12-2)8-10-11-9(13-8)7-4-3-5-7;/h1-6H,(H2,11,13);6-7H,3-5H2,1-2H3;1H/t;6-;/m.1./s1. The number of carbonyl (C=O) groups excluding carboxylic acids is 1. The molecule has 0 saturated heterocycles. The highest BCUT2D eigenvalue weighted by Gasteiger charge is 2.26. The number of hydrogen-bond acceptors (Lipinski definition) is 7. The van der Waals surface area contributed by atoms with Crippen LogP contribution in [0.15, 0.2) is 45.3 Å². The molecule has 4 rings (SSSR count). The molecular weight excluding hydrogens is 348 g/mol. The molecule has 1 amide bonds. The molecule has 8 heteroatoms. The number of hydrogen-bond donors (Lipinski definition) is 1. The number of nitrogens with zero attached hydrogens (tertiary/aromatic N) is 3. The molecule has 144 valence electrons. The van der Waals surface area contributed by atoms with E-state index in [0.29, 0.717) is 17.5 Å². The first-order valence-electron chi connectivity index (χ1n) is 8.76. The average molecular weight is 372 g/mol. The molecule has 0 spiro atoms. The Labute approximate surface area is 158 Å². The van der Waals surface area contributed by atoms with Gasteiger partial charge in [-0.15, -0.1) is 10.2 Å². The van der Waals surface area contributed by atoms with Gasteiger partial charge in [0.2, 0.25) is 17.5 Å². The summed E-state index contributed by atoms with van der Waals surface area (Å²) >= 11 is 0. The fourth-order valence-electron chi connectivity index (χ4n) is 2.47. The van der Waals surface area contributed by atoms with Crippen LogP contribution in [0.1, 0.15) is 62.0 Å². The van der Waals surface area contributed by atoms with Crippen molar-refractivity contribution in [2.75, 3.05) is 7.11 Å². The van der Waals surface area contributed by atoms with Gasteiger partial charge in [-0.25, -0.2) is 0 Å². The Hall–Kier alpha value is -3.00. The lowest BCUT2D eigenvalue weighted by molar-refractivity contribution is 0.0923. The van der Waals surface area contributed by atoms with Crippen LogP contribution in [-0.2, 0) is 4.74 Å². The minimum atomic E-state index is -0.611. The van der Waals surface area contributed by atoms with Crippen molar-refractivity contribution in [3.8, 4) is 11.3 Å². The summed E-state index contributed by atoms with van der Waals surface area (Å²) in [7, 11) is 1.64. The molecular formula is C19H24N4O4. The topological polar surface area (TPSA) is 117 Å². The van der Waals surface area contributed by atoms with Gasteiger partial charge >= 0.3 is 0 Å². The SMILES string of the molecule is CO[C@H](C)c1nnc(C2CCC2)o1.NC(=O)c1cc(-c2ccccc2)no1.[HH]. The maximum atomic E-state index is 10.7. The lowest BCUT2D eigenvalue weighted by Crippen LogP contribution is -2.09. The Morgan fingerprint density at radius 2 is 2.04 bits per heavy atom. The fraction of sp³-hybridized carbons (Fsp3) is 0.368. The first-order valence-corrected chi connectivity index (χ1v) is 8.76. The first kappa shape index (κ1) is 18.8. The summed E-state index contributed by atoms with van der Waals surface area (Å²) in [5, 5.41) is 11.7. The third-order valence-corrected chi connectivity index (χ3v) is 4.43. The van der Waals surface area contributed by atoms with Gasteiger partial charge in [0.1, 0.15) is 11.8 Å². The van der Waals surface area contributed by atoms with Crippen LogP contribution in [0.2, 0.25) is 0 Å². The molecule has 1 aromatic carbocycles. The molecule has 0 radical (unpaired) electrons. The van der Waals surface area contributed by atoms with Crippen molar-refractivity contribution in [2.24, 2.45) is 5.73 Å². The molecule has 2 aromatic heterocycles. The van der Waals surface area contributed by atoms with Gasteiger partial charge in [-0.2, -0.15) is 0 Å². The van der Waals surface area contributed by atoms with Crippen molar-refractivity contribution in [2.45, 2.75) is 38.2 Å². The number of methoxy groups -OCH3 is 1. The normalized spacial score (nSPS) is 14.7. The lowest BCUT2D eigenvalue weighted by Gasteiger charge is -2.20. The third-order valence-electron chi connectivity index (χ3n) is 4.43. The maximum absolute atomic E-state index is 10.7. The summed E-state index contributed by atoms with van der Waals surface area (Å²) < 4.78 is 15.3. The van der Waals surface area contributed by atoms with E-state index in [9.17, 15) is 4.79 Å². The number of nitrogens with two attached hydrogens (primary N) is 1. The Balaban J connectivity index is 0.000000194. The molecule has 2 N–H and O–H groups in total. The van der Waals surface area contributed by atoms with Gasteiger partial charge in [0.15, 0.2) is 0 Å². The number of benzene rings is 1. The zero-order valence-electron chi connectivity index (χ0n) is 15.3. The molecule has 2 heterocycles. The third kappa shape index (κ3) is 4.59. The van der Waals surface area contributed by atoms with Gasteiger partial charge in [-0.05, 0) is 19.8 Å². The second-order valence-corrected chi connectivity index (χ2v) is 6.29. The molecule has 1 saturated carbocycles. The summed E-state index contributed by atoms with van der Waals surface area (Å²) in [5.41, 5.74) is 6.54. The van der Waals surface area contributed by atoms with Crippen molar-refractivity contribution in [3.05, 3.63) is 53.9 Å². The number of primary amides is 1. The molecule has 27 heavy (non-hydrogen) atoms. The van der Waals surface area contributed by atoms with Crippen LogP contribution in [-0.4, -0.2) is 28.4 Å². The van der Waals surface area contributed by atoms with Gasteiger partial charge in [0.25, 0.3) is 5.91 Å². The van der Waals surface area contributed by atoms with Crippen molar-refractivity contribution < 1.29 is 19.9 Å². The average Bonchev–Trinajstić information content (AvgIpc) is 3.31. The fourth-order valence-corrected chi connectivity index (χ4v) is 2.47. The first-order chi connectivity index (χ1) is 13.1. The summed E-state index contributed by atoms with van der Waals surface area (Å²) in [6.45, 7) is 1.90. The summed E-state index contributed by atoms with van der Waals surface area (Å²) in [5.74, 6) is 1.34. The minimum Gasteiger partial charge on any atom is -0.422 e. The van der Waals surface area contributed by atoms with Crippen LogP contribution >= 0.6 is 0 Å². The smallest absolute Gasteiger partial charge is 0.287 e. The zero-order chi connectivity index (χ0) is 19.2. The van der Waals surface area contributed by atoms with Crippen molar-refractivity contribution in [3.63, 3.8) is 0 Å². The van der Waals surface area contributed by atoms with Gasteiger partial charge < -0.3 is 19.4 Å². The Morgan fingerprint density at radius 3 is 2.59 bits per heavy atom. The van der Waals surface area contributed by atoms with Crippen molar-refractivity contribution >= 4 is 5.91 Å². The molecule has 3 aromatic rings. The molecule has 0 unspecified atom stereocenters. The minimum absolute atomic E-state index is 0. The highest BCUT2D eigenvalue weighted by Crippen LogP contribution is 2.35. The Bertz CT molecular complexity index is 858. The van der Waals surface area contributed by atoms with Crippen LogP contribution in [0.3, 0.4) is 0 Å². The van der Waals surface area contributed by atoms with Crippen molar-refractivity contribution in [1.82, 2.24) is 15.4 Å². The predicted octanol–water partition coefficient (Wildman–Crippen LogP) is 3.73. The summed E-state index contributed by atoms with van der Waals surface area (Å²) in [6, 6.07) is 10.9. The number of ether oxygens (including phenoxy) is 1. The van der Waals surface area contributed by atoms with E-state index >= 15 is 0 Å². The van der Waals surface area contributed by atoms with Crippen molar-refractivity contribution in [1.29, 1.82) is 0 Å². The largest absolute Gasteiger partial charge is 0.422 e. The zero-order valence-corrected chi connectivity index (χ0v) is 15.3. The van der Waals surface area contributed by atoms with Gasteiger partial charge in [0, 0.05) is 26.1 Å². The van der Waals surface area contributed by atoms with E-state index in [1.165, 1.54) is 25.3 Å². The Morgan fingerprint density at radius 1 is 1.30 bits per heavy atom. The van der Waals surface area contributed by atoms with Gasteiger partial charge in [0.05, 0.1) is 0 Å². The number of amides is 1. The van der Waals surface area contributed by atoms with Crippen LogP contribution in [0, 0.1) is 0 Å². The predicted molar refractivity (Wildman–Crippen MR) is 98.9 cm³/mol. The number of carbonyl (C=O) groups is 1. The van der Waals surface area contributed by atoms with E-state index in [0.717, 1.165) is 11.5 Å². The van der Waals surface area contributed by atoms with E-state index in [1.807, 2.05) is 37.3 Å². The van der Waals surface area contributed by atoms with Gasteiger partial charge in [-0.3, -0.25) is 4.79 Å². The highest BCUT2D eigenvalue weighted by atomic mass is 16.5.